The highest BCUT2D eigenvalue weighted by Gasteiger charge is 2.38. The summed E-state index contributed by atoms with van der Waals surface area (Å²) >= 11 is 0. The minimum atomic E-state index is -3.74. The molecule has 0 spiro atoms. The zero-order chi connectivity index (χ0) is 18.7. The largest absolute Gasteiger partial charge is 0.425 e. The van der Waals surface area contributed by atoms with Crippen molar-refractivity contribution in [1.29, 1.82) is 0 Å². The number of aryl methyl sites for hydroxylation is 2. The average Bonchev–Trinajstić information content (AvgIpc) is 2.65. The number of nitrogens with zero attached hydrogens (tertiary/aromatic N) is 1. The summed E-state index contributed by atoms with van der Waals surface area (Å²) in [5, 5.41) is 0. The van der Waals surface area contributed by atoms with Crippen LogP contribution in [0.5, 0.6) is 5.75 Å². The van der Waals surface area contributed by atoms with Gasteiger partial charge in [-0.25, -0.2) is 13.2 Å². The maximum absolute atomic E-state index is 13.0. The summed E-state index contributed by atoms with van der Waals surface area (Å²) < 4.78 is 32.9. The summed E-state index contributed by atoms with van der Waals surface area (Å²) in [7, 11) is -3.74. The Hall–Kier alpha value is -2.18. The minimum absolute atomic E-state index is 0.201. The maximum Gasteiger partial charge on any atom is 0.329 e. The SMILES string of the molecule is Cc1cccc(C)c1OC(=O)C1CCCCN1S(=O)(=O)c1ccccc1. The van der Waals surface area contributed by atoms with Crippen LogP contribution in [0.25, 0.3) is 0 Å². The van der Waals surface area contributed by atoms with Crippen LogP contribution in [0.4, 0.5) is 0 Å². The van der Waals surface area contributed by atoms with Crippen molar-refractivity contribution in [2.75, 3.05) is 6.54 Å². The lowest BCUT2D eigenvalue weighted by atomic mass is 10.1. The van der Waals surface area contributed by atoms with Crippen molar-refractivity contribution in [1.82, 2.24) is 4.31 Å². The first-order valence-corrected chi connectivity index (χ1v) is 10.2. The van der Waals surface area contributed by atoms with Crippen molar-refractivity contribution in [3.05, 3.63) is 59.7 Å². The van der Waals surface area contributed by atoms with E-state index in [0.29, 0.717) is 18.7 Å². The summed E-state index contributed by atoms with van der Waals surface area (Å²) in [6, 6.07) is 13.1. The number of piperidine rings is 1. The maximum atomic E-state index is 13.0. The van der Waals surface area contributed by atoms with E-state index in [9.17, 15) is 13.2 Å². The smallest absolute Gasteiger partial charge is 0.329 e. The van der Waals surface area contributed by atoms with Crippen LogP contribution >= 0.6 is 0 Å². The quantitative estimate of drug-likeness (QED) is 0.608. The van der Waals surface area contributed by atoms with Gasteiger partial charge in [0, 0.05) is 6.54 Å². The fourth-order valence-electron chi connectivity index (χ4n) is 3.28. The summed E-state index contributed by atoms with van der Waals surface area (Å²) in [6.07, 6.45) is 2.00. The number of hydrogen-bond acceptors (Lipinski definition) is 4. The zero-order valence-corrected chi connectivity index (χ0v) is 15.8. The Morgan fingerprint density at radius 1 is 1.00 bits per heavy atom. The van der Waals surface area contributed by atoms with E-state index in [0.717, 1.165) is 24.0 Å². The second-order valence-corrected chi connectivity index (χ2v) is 8.47. The van der Waals surface area contributed by atoms with Gasteiger partial charge in [-0.15, -0.1) is 0 Å². The first kappa shape index (κ1) is 18.6. The summed E-state index contributed by atoms with van der Waals surface area (Å²) in [5.74, 6) is 0.00161. The van der Waals surface area contributed by atoms with Gasteiger partial charge in [0.2, 0.25) is 10.0 Å². The van der Waals surface area contributed by atoms with Crippen molar-refractivity contribution in [2.45, 2.75) is 44.0 Å². The predicted octanol–water partition coefficient (Wildman–Crippen LogP) is 3.45. The molecule has 1 atom stereocenters. The first-order chi connectivity index (χ1) is 12.4. The molecule has 0 aliphatic carbocycles. The van der Waals surface area contributed by atoms with Crippen LogP contribution in [0.15, 0.2) is 53.4 Å². The summed E-state index contributed by atoms with van der Waals surface area (Å²) in [6.45, 7) is 4.06. The van der Waals surface area contributed by atoms with E-state index in [4.69, 9.17) is 4.74 Å². The topological polar surface area (TPSA) is 63.7 Å². The van der Waals surface area contributed by atoms with Gasteiger partial charge in [-0.2, -0.15) is 4.31 Å². The van der Waals surface area contributed by atoms with Crippen molar-refractivity contribution >= 4 is 16.0 Å². The number of benzene rings is 2. The lowest BCUT2D eigenvalue weighted by molar-refractivity contribution is -0.139. The Morgan fingerprint density at radius 3 is 2.31 bits per heavy atom. The average molecular weight is 373 g/mol. The molecule has 1 unspecified atom stereocenters. The van der Waals surface area contributed by atoms with E-state index in [1.807, 2.05) is 32.0 Å². The summed E-state index contributed by atoms with van der Waals surface area (Å²) in [4.78, 5) is 13.0. The molecule has 138 valence electrons. The Labute approximate surface area is 154 Å². The molecule has 0 N–H and O–H groups in total. The lowest BCUT2D eigenvalue weighted by Gasteiger charge is -2.33. The zero-order valence-electron chi connectivity index (χ0n) is 15.0. The van der Waals surface area contributed by atoms with Crippen molar-refractivity contribution in [2.24, 2.45) is 0 Å². The first-order valence-electron chi connectivity index (χ1n) is 8.76. The second kappa shape index (κ2) is 7.60. The van der Waals surface area contributed by atoms with Crippen molar-refractivity contribution in [3.63, 3.8) is 0 Å². The third-order valence-corrected chi connectivity index (χ3v) is 6.61. The molecule has 1 heterocycles. The van der Waals surface area contributed by atoms with Crippen LogP contribution in [-0.4, -0.2) is 31.3 Å². The third kappa shape index (κ3) is 3.66. The van der Waals surface area contributed by atoms with E-state index in [2.05, 4.69) is 0 Å². The fourth-order valence-corrected chi connectivity index (χ4v) is 4.95. The molecular weight excluding hydrogens is 350 g/mol. The molecule has 0 aromatic heterocycles. The monoisotopic (exact) mass is 373 g/mol. The van der Waals surface area contributed by atoms with Gasteiger partial charge in [-0.05, 0) is 56.4 Å². The Kier molecular flexibility index (Phi) is 5.44. The number of carbonyl (C=O) groups excluding carboxylic acids is 1. The molecular formula is C20H23NO4S. The fraction of sp³-hybridized carbons (Fsp3) is 0.350. The van der Waals surface area contributed by atoms with Crippen LogP contribution < -0.4 is 4.74 Å². The Bertz CT molecular complexity index is 873. The van der Waals surface area contributed by atoms with Gasteiger partial charge in [-0.3, -0.25) is 0 Å². The van der Waals surface area contributed by atoms with E-state index >= 15 is 0 Å². The van der Waals surface area contributed by atoms with Crippen molar-refractivity contribution in [3.8, 4) is 5.75 Å². The van der Waals surface area contributed by atoms with Crippen LogP contribution in [0.1, 0.15) is 30.4 Å². The van der Waals surface area contributed by atoms with Gasteiger partial charge in [0.1, 0.15) is 11.8 Å². The number of carbonyl (C=O) groups is 1. The number of esters is 1. The third-order valence-electron chi connectivity index (χ3n) is 4.69. The number of para-hydroxylation sites is 1. The molecule has 26 heavy (non-hydrogen) atoms. The van der Waals surface area contributed by atoms with Gasteiger partial charge in [-0.1, -0.05) is 36.4 Å². The molecule has 5 nitrogen and oxygen atoms in total. The normalized spacial score (nSPS) is 18.5. The van der Waals surface area contributed by atoms with Crippen LogP contribution in [0.3, 0.4) is 0 Å². The number of hydrogen-bond donors (Lipinski definition) is 0. The molecule has 0 amide bonds. The molecule has 2 aromatic rings. The van der Waals surface area contributed by atoms with Crippen LogP contribution in [0, 0.1) is 13.8 Å². The Balaban J connectivity index is 1.89. The van der Waals surface area contributed by atoms with Gasteiger partial charge in [0.15, 0.2) is 0 Å². The highest BCUT2D eigenvalue weighted by atomic mass is 32.2. The van der Waals surface area contributed by atoms with E-state index in [1.54, 1.807) is 30.3 Å². The molecule has 1 saturated heterocycles. The van der Waals surface area contributed by atoms with Crippen LogP contribution in [0.2, 0.25) is 0 Å². The second-order valence-electron chi connectivity index (χ2n) is 6.58. The molecule has 1 aliphatic rings. The molecule has 2 aromatic carbocycles. The summed E-state index contributed by atoms with van der Waals surface area (Å²) in [5.41, 5.74) is 1.71. The standard InChI is InChI=1S/C20H23NO4S/c1-15-9-8-10-16(2)19(15)25-20(22)18-13-6-7-14-21(18)26(23,24)17-11-4-3-5-12-17/h3-5,8-12,18H,6-7,13-14H2,1-2H3. The van der Waals surface area contributed by atoms with Gasteiger partial charge in [0.05, 0.1) is 4.90 Å². The van der Waals surface area contributed by atoms with Crippen molar-refractivity contribution < 1.29 is 17.9 Å². The van der Waals surface area contributed by atoms with E-state index in [1.165, 1.54) is 4.31 Å². The van der Waals surface area contributed by atoms with Gasteiger partial charge < -0.3 is 4.74 Å². The van der Waals surface area contributed by atoms with Crippen LogP contribution in [-0.2, 0) is 14.8 Å². The molecule has 1 fully saturated rings. The minimum Gasteiger partial charge on any atom is -0.425 e. The van der Waals surface area contributed by atoms with E-state index in [-0.39, 0.29) is 4.90 Å². The number of sulfonamides is 1. The highest BCUT2D eigenvalue weighted by molar-refractivity contribution is 7.89. The molecule has 6 heteroatoms. The predicted molar refractivity (Wildman–Crippen MR) is 99.5 cm³/mol. The molecule has 1 aliphatic heterocycles. The molecule has 0 radical (unpaired) electrons. The molecule has 3 rings (SSSR count). The Morgan fingerprint density at radius 2 is 1.65 bits per heavy atom. The van der Waals surface area contributed by atoms with E-state index < -0.39 is 22.0 Å². The van der Waals surface area contributed by atoms with Gasteiger partial charge >= 0.3 is 5.97 Å². The highest BCUT2D eigenvalue weighted by Crippen LogP contribution is 2.28. The number of rotatable bonds is 4. The lowest BCUT2D eigenvalue weighted by Crippen LogP contribution is -2.49. The molecule has 0 saturated carbocycles. The molecule has 0 bridgehead atoms. The number of ether oxygens (including phenoxy) is 1. The van der Waals surface area contributed by atoms with Gasteiger partial charge in [0.25, 0.3) is 0 Å².